The average molecular weight is 276 g/mol. The fourth-order valence-corrected chi connectivity index (χ4v) is 2.42. The molecule has 0 aromatic heterocycles. The second-order valence-electron chi connectivity index (χ2n) is 5.62. The molecule has 0 saturated carbocycles. The highest BCUT2D eigenvalue weighted by atomic mass is 16.5. The summed E-state index contributed by atoms with van der Waals surface area (Å²) in [6.45, 7) is 6.78. The van der Waals surface area contributed by atoms with E-state index in [4.69, 9.17) is 4.74 Å². The minimum atomic E-state index is -0.0234. The molecule has 2 rings (SSSR count). The van der Waals surface area contributed by atoms with Crippen molar-refractivity contribution < 1.29 is 9.53 Å². The molecular weight excluding hydrogens is 252 g/mol. The van der Waals surface area contributed by atoms with Crippen LogP contribution in [-0.4, -0.2) is 31.6 Å². The lowest BCUT2D eigenvalue weighted by Gasteiger charge is -2.22. The highest BCUT2D eigenvalue weighted by molar-refractivity contribution is 5.94. The van der Waals surface area contributed by atoms with Gasteiger partial charge in [-0.3, -0.25) is 4.79 Å². The highest BCUT2D eigenvalue weighted by Crippen LogP contribution is 2.15. The van der Waals surface area contributed by atoms with Crippen LogP contribution in [0.4, 0.5) is 0 Å². The SMILES string of the molecule is CC(C)Oc1cccc(C(=O)NCC2CCCNC2)c1. The zero-order chi connectivity index (χ0) is 14.4. The van der Waals surface area contributed by atoms with Gasteiger partial charge < -0.3 is 15.4 Å². The molecule has 1 aliphatic rings. The lowest BCUT2D eigenvalue weighted by atomic mass is 9.99. The first-order chi connectivity index (χ1) is 9.65. The average Bonchev–Trinajstić information content (AvgIpc) is 2.45. The number of carbonyl (C=O) groups is 1. The summed E-state index contributed by atoms with van der Waals surface area (Å²) in [6.07, 6.45) is 2.49. The Morgan fingerprint density at radius 3 is 3.05 bits per heavy atom. The Morgan fingerprint density at radius 2 is 2.35 bits per heavy atom. The number of hydrogen-bond acceptors (Lipinski definition) is 3. The molecule has 1 aromatic rings. The Labute approximate surface area is 120 Å². The summed E-state index contributed by atoms with van der Waals surface area (Å²) < 4.78 is 5.61. The van der Waals surface area contributed by atoms with Gasteiger partial charge in [-0.15, -0.1) is 0 Å². The van der Waals surface area contributed by atoms with E-state index in [2.05, 4.69) is 10.6 Å². The monoisotopic (exact) mass is 276 g/mol. The van der Waals surface area contributed by atoms with E-state index in [1.807, 2.05) is 32.0 Å². The standard InChI is InChI=1S/C16H24N2O2/c1-12(2)20-15-7-3-6-14(9-15)16(19)18-11-13-5-4-8-17-10-13/h3,6-7,9,12-13,17H,4-5,8,10-11H2,1-2H3,(H,18,19). The molecule has 2 N–H and O–H groups in total. The van der Waals surface area contributed by atoms with Crippen LogP contribution in [0.15, 0.2) is 24.3 Å². The molecule has 110 valence electrons. The van der Waals surface area contributed by atoms with E-state index in [9.17, 15) is 4.79 Å². The van der Waals surface area contributed by atoms with Gasteiger partial charge in [0.2, 0.25) is 0 Å². The molecule has 4 nitrogen and oxygen atoms in total. The molecular formula is C16H24N2O2. The van der Waals surface area contributed by atoms with Gasteiger partial charge in [0.15, 0.2) is 0 Å². The van der Waals surface area contributed by atoms with Crippen LogP contribution in [0, 0.1) is 5.92 Å². The molecule has 20 heavy (non-hydrogen) atoms. The molecule has 0 spiro atoms. The van der Waals surface area contributed by atoms with E-state index in [0.717, 1.165) is 25.4 Å². The lowest BCUT2D eigenvalue weighted by Crippen LogP contribution is -2.38. The second-order valence-corrected chi connectivity index (χ2v) is 5.62. The lowest BCUT2D eigenvalue weighted by molar-refractivity contribution is 0.0944. The maximum Gasteiger partial charge on any atom is 0.251 e. The molecule has 1 amide bonds. The van der Waals surface area contributed by atoms with Crippen molar-refractivity contribution in [2.45, 2.75) is 32.8 Å². The topological polar surface area (TPSA) is 50.4 Å². The fraction of sp³-hybridized carbons (Fsp3) is 0.562. The molecule has 0 radical (unpaired) electrons. The van der Waals surface area contributed by atoms with Crippen molar-refractivity contribution in [1.29, 1.82) is 0 Å². The van der Waals surface area contributed by atoms with Gasteiger partial charge in [-0.25, -0.2) is 0 Å². The summed E-state index contributed by atoms with van der Waals surface area (Å²) in [6, 6.07) is 7.35. The Bertz CT molecular complexity index is 440. The number of rotatable bonds is 5. The number of benzene rings is 1. The van der Waals surface area contributed by atoms with Crippen molar-refractivity contribution in [2.24, 2.45) is 5.92 Å². The zero-order valence-corrected chi connectivity index (χ0v) is 12.3. The first kappa shape index (κ1) is 14.9. The normalized spacial score (nSPS) is 18.9. The van der Waals surface area contributed by atoms with Crippen molar-refractivity contribution in [3.63, 3.8) is 0 Å². The van der Waals surface area contributed by atoms with Crippen molar-refractivity contribution >= 4 is 5.91 Å². The summed E-state index contributed by atoms with van der Waals surface area (Å²) in [4.78, 5) is 12.1. The fourth-order valence-electron chi connectivity index (χ4n) is 2.42. The van der Waals surface area contributed by atoms with E-state index in [-0.39, 0.29) is 12.0 Å². The van der Waals surface area contributed by atoms with E-state index >= 15 is 0 Å². The summed E-state index contributed by atoms with van der Waals surface area (Å²) in [7, 11) is 0. The summed E-state index contributed by atoms with van der Waals surface area (Å²) in [5, 5.41) is 6.37. The Kier molecular flexibility index (Phi) is 5.41. The molecule has 1 aromatic carbocycles. The number of nitrogens with one attached hydrogen (secondary N) is 2. The smallest absolute Gasteiger partial charge is 0.251 e. The maximum atomic E-state index is 12.1. The van der Waals surface area contributed by atoms with E-state index in [1.54, 1.807) is 6.07 Å². The minimum absolute atomic E-state index is 0.0234. The van der Waals surface area contributed by atoms with Gasteiger partial charge in [-0.05, 0) is 63.9 Å². The van der Waals surface area contributed by atoms with Crippen molar-refractivity contribution in [2.75, 3.05) is 19.6 Å². The number of ether oxygens (including phenoxy) is 1. The van der Waals surface area contributed by atoms with Gasteiger partial charge in [0.1, 0.15) is 5.75 Å². The van der Waals surface area contributed by atoms with Crippen LogP contribution < -0.4 is 15.4 Å². The van der Waals surface area contributed by atoms with Gasteiger partial charge in [0.25, 0.3) is 5.91 Å². The molecule has 1 fully saturated rings. The van der Waals surface area contributed by atoms with Crippen molar-refractivity contribution in [3.8, 4) is 5.75 Å². The molecule has 1 heterocycles. The maximum absolute atomic E-state index is 12.1. The molecule has 1 unspecified atom stereocenters. The van der Waals surface area contributed by atoms with Gasteiger partial charge in [0, 0.05) is 12.1 Å². The molecule has 1 saturated heterocycles. The van der Waals surface area contributed by atoms with Gasteiger partial charge in [-0.2, -0.15) is 0 Å². The van der Waals surface area contributed by atoms with Crippen LogP contribution in [0.1, 0.15) is 37.0 Å². The van der Waals surface area contributed by atoms with E-state index < -0.39 is 0 Å². The van der Waals surface area contributed by atoms with Gasteiger partial charge >= 0.3 is 0 Å². The summed E-state index contributed by atoms with van der Waals surface area (Å²) >= 11 is 0. The van der Waals surface area contributed by atoms with E-state index in [1.165, 1.54) is 12.8 Å². The number of amides is 1. The van der Waals surface area contributed by atoms with Crippen molar-refractivity contribution in [3.05, 3.63) is 29.8 Å². The first-order valence-electron chi connectivity index (χ1n) is 7.41. The summed E-state index contributed by atoms with van der Waals surface area (Å²) in [5.74, 6) is 1.26. The Balaban J connectivity index is 1.88. The van der Waals surface area contributed by atoms with E-state index in [0.29, 0.717) is 11.5 Å². The second kappa shape index (κ2) is 7.29. The van der Waals surface area contributed by atoms with Crippen LogP contribution in [0.5, 0.6) is 5.75 Å². The highest BCUT2D eigenvalue weighted by Gasteiger charge is 2.14. The Hall–Kier alpha value is -1.55. The minimum Gasteiger partial charge on any atom is -0.491 e. The predicted molar refractivity (Wildman–Crippen MR) is 80.1 cm³/mol. The third-order valence-corrected chi connectivity index (χ3v) is 3.42. The predicted octanol–water partition coefficient (Wildman–Crippen LogP) is 2.20. The van der Waals surface area contributed by atoms with Crippen LogP contribution in [0.25, 0.3) is 0 Å². The molecule has 0 aliphatic carbocycles. The molecule has 4 heteroatoms. The van der Waals surface area contributed by atoms with Crippen LogP contribution in [0.2, 0.25) is 0 Å². The molecule has 1 aliphatic heterocycles. The van der Waals surface area contributed by atoms with Crippen LogP contribution >= 0.6 is 0 Å². The van der Waals surface area contributed by atoms with Gasteiger partial charge in [0.05, 0.1) is 6.10 Å². The number of piperidine rings is 1. The van der Waals surface area contributed by atoms with Gasteiger partial charge in [-0.1, -0.05) is 6.07 Å². The van der Waals surface area contributed by atoms with Crippen molar-refractivity contribution in [1.82, 2.24) is 10.6 Å². The third kappa shape index (κ3) is 4.53. The largest absolute Gasteiger partial charge is 0.491 e. The summed E-state index contributed by atoms with van der Waals surface area (Å²) in [5.41, 5.74) is 0.659. The quantitative estimate of drug-likeness (QED) is 0.867. The number of hydrogen-bond donors (Lipinski definition) is 2. The molecule has 0 bridgehead atoms. The Morgan fingerprint density at radius 1 is 1.50 bits per heavy atom. The third-order valence-electron chi connectivity index (χ3n) is 3.42. The molecule has 1 atom stereocenters. The number of carbonyl (C=O) groups excluding carboxylic acids is 1. The van der Waals surface area contributed by atoms with Crippen LogP contribution in [-0.2, 0) is 0 Å². The zero-order valence-electron chi connectivity index (χ0n) is 12.3. The van der Waals surface area contributed by atoms with Crippen LogP contribution in [0.3, 0.4) is 0 Å². The first-order valence-corrected chi connectivity index (χ1v) is 7.41.